The number of aromatic nitrogens is 2. The lowest BCUT2D eigenvalue weighted by atomic mass is 9.96. The molecule has 1 aliphatic heterocycles. The van der Waals surface area contributed by atoms with Gasteiger partial charge in [0.25, 0.3) is 5.91 Å². The normalized spacial score (nSPS) is 15.2. The Morgan fingerprint density at radius 3 is 2.32 bits per heavy atom. The number of amides is 1. The first-order chi connectivity index (χ1) is 15.1. The van der Waals surface area contributed by atoms with Crippen LogP contribution in [0.1, 0.15) is 27.7 Å². The smallest absolute Gasteiger partial charge is 0.277 e. The van der Waals surface area contributed by atoms with Crippen molar-refractivity contribution in [1.29, 1.82) is 0 Å². The molecule has 0 radical (unpaired) electrons. The number of benzene rings is 3. The van der Waals surface area contributed by atoms with Crippen LogP contribution in [0.2, 0.25) is 5.02 Å². The summed E-state index contributed by atoms with van der Waals surface area (Å²) in [5.74, 6) is 0.694. The lowest BCUT2D eigenvalue weighted by Gasteiger charge is -2.26. The largest absolute Gasteiger partial charge is 0.508 e. The molecule has 1 aromatic heterocycles. The molecule has 2 N–H and O–H groups in total. The summed E-state index contributed by atoms with van der Waals surface area (Å²) in [4.78, 5) is 15.2. The number of rotatable bonds is 4. The average molecular weight is 432 g/mol. The molecule has 6 nitrogen and oxygen atoms in total. The number of aromatic amines is 1. The van der Waals surface area contributed by atoms with Crippen molar-refractivity contribution in [1.82, 2.24) is 10.2 Å². The van der Waals surface area contributed by atoms with E-state index in [1.54, 1.807) is 36.3 Å². The van der Waals surface area contributed by atoms with Gasteiger partial charge in [-0.2, -0.15) is 5.10 Å². The van der Waals surface area contributed by atoms with E-state index in [9.17, 15) is 9.90 Å². The molecule has 0 saturated carbocycles. The SMILES string of the molecule is COc1ccc(N2C(=O)c3[nH]nc(-c4ccc(Cl)cc4)c3[C@@H]2c2ccc(O)cc2)cc1. The molecule has 0 aliphatic carbocycles. The van der Waals surface area contributed by atoms with Gasteiger partial charge in [-0.05, 0) is 54.1 Å². The number of anilines is 1. The minimum Gasteiger partial charge on any atom is -0.508 e. The zero-order chi connectivity index (χ0) is 21.5. The monoisotopic (exact) mass is 431 g/mol. The van der Waals surface area contributed by atoms with Crippen LogP contribution in [-0.4, -0.2) is 28.3 Å². The Labute approximate surface area is 183 Å². The molecule has 0 unspecified atom stereocenters. The number of aromatic hydroxyl groups is 1. The fraction of sp³-hybridized carbons (Fsp3) is 0.0833. The molecule has 7 heteroatoms. The molecule has 5 rings (SSSR count). The van der Waals surface area contributed by atoms with Crippen molar-refractivity contribution < 1.29 is 14.6 Å². The van der Waals surface area contributed by atoms with Gasteiger partial charge < -0.3 is 9.84 Å². The lowest BCUT2D eigenvalue weighted by molar-refractivity contribution is 0.0988. The van der Waals surface area contributed by atoms with Gasteiger partial charge in [0.1, 0.15) is 17.2 Å². The Bertz CT molecular complexity index is 1250. The number of ether oxygens (including phenoxy) is 1. The van der Waals surface area contributed by atoms with Crippen molar-refractivity contribution in [3.63, 3.8) is 0 Å². The van der Waals surface area contributed by atoms with Gasteiger partial charge in [-0.25, -0.2) is 0 Å². The second-order valence-electron chi connectivity index (χ2n) is 7.24. The van der Waals surface area contributed by atoms with Crippen LogP contribution >= 0.6 is 11.6 Å². The highest BCUT2D eigenvalue weighted by atomic mass is 35.5. The van der Waals surface area contributed by atoms with Gasteiger partial charge in [0.05, 0.1) is 18.8 Å². The van der Waals surface area contributed by atoms with Crippen LogP contribution in [0.3, 0.4) is 0 Å². The second kappa shape index (κ2) is 7.49. The van der Waals surface area contributed by atoms with Crippen molar-refractivity contribution in [2.75, 3.05) is 12.0 Å². The molecule has 3 aromatic carbocycles. The van der Waals surface area contributed by atoms with Gasteiger partial charge >= 0.3 is 0 Å². The summed E-state index contributed by atoms with van der Waals surface area (Å²) in [7, 11) is 1.60. The summed E-state index contributed by atoms with van der Waals surface area (Å²) in [6.45, 7) is 0. The number of carbonyl (C=O) groups is 1. The predicted octanol–water partition coefficient (Wildman–Crippen LogP) is 5.19. The maximum Gasteiger partial charge on any atom is 0.277 e. The highest BCUT2D eigenvalue weighted by Crippen LogP contribution is 2.45. The van der Waals surface area contributed by atoms with E-state index in [2.05, 4.69) is 10.2 Å². The summed E-state index contributed by atoms with van der Waals surface area (Å²) in [6, 6.07) is 21.2. The standard InChI is InChI=1S/C24H18ClN3O3/c1-31-19-12-8-17(9-13-19)28-23(15-4-10-18(29)11-5-15)20-21(26-27-22(20)24(28)30)14-2-6-16(25)7-3-14/h2-13,23,29H,1H3,(H,26,27)/t23-/m0/s1. The molecule has 31 heavy (non-hydrogen) atoms. The first kappa shape index (κ1) is 19.2. The maximum absolute atomic E-state index is 13.5. The molecule has 4 aromatic rings. The predicted molar refractivity (Wildman–Crippen MR) is 119 cm³/mol. The molecule has 0 fully saturated rings. The molecule has 2 heterocycles. The Morgan fingerprint density at radius 1 is 1.00 bits per heavy atom. The molecular weight excluding hydrogens is 414 g/mol. The van der Waals surface area contributed by atoms with Crippen LogP contribution in [0, 0.1) is 0 Å². The van der Waals surface area contributed by atoms with Gasteiger partial charge in [0.2, 0.25) is 0 Å². The number of carbonyl (C=O) groups excluding carboxylic acids is 1. The Morgan fingerprint density at radius 2 is 1.68 bits per heavy atom. The lowest BCUT2D eigenvalue weighted by Crippen LogP contribution is -2.29. The van der Waals surface area contributed by atoms with E-state index in [1.165, 1.54) is 0 Å². The van der Waals surface area contributed by atoms with E-state index < -0.39 is 6.04 Å². The molecule has 1 atom stereocenters. The van der Waals surface area contributed by atoms with Crippen LogP contribution in [0.4, 0.5) is 5.69 Å². The summed E-state index contributed by atoms with van der Waals surface area (Å²) in [5.41, 5.74) is 4.37. The van der Waals surface area contributed by atoms with Gasteiger partial charge in [-0.3, -0.25) is 14.8 Å². The average Bonchev–Trinajstić information content (AvgIpc) is 3.34. The number of fused-ring (bicyclic) bond motifs is 1. The van der Waals surface area contributed by atoms with Gasteiger partial charge in [-0.15, -0.1) is 0 Å². The van der Waals surface area contributed by atoms with Crippen molar-refractivity contribution >= 4 is 23.2 Å². The zero-order valence-electron chi connectivity index (χ0n) is 16.5. The van der Waals surface area contributed by atoms with E-state index in [0.717, 1.165) is 22.4 Å². The van der Waals surface area contributed by atoms with Gasteiger partial charge in [0.15, 0.2) is 0 Å². The number of phenols is 1. The van der Waals surface area contributed by atoms with Crippen LogP contribution in [0.25, 0.3) is 11.3 Å². The number of phenolic OH excluding ortho intramolecular Hbond substituents is 1. The number of nitrogens with one attached hydrogen (secondary N) is 1. The topological polar surface area (TPSA) is 78.5 Å². The van der Waals surface area contributed by atoms with E-state index >= 15 is 0 Å². The Kier molecular flexibility index (Phi) is 4.64. The number of nitrogens with zero attached hydrogens (tertiary/aromatic N) is 2. The van der Waals surface area contributed by atoms with Crippen LogP contribution in [0.5, 0.6) is 11.5 Å². The van der Waals surface area contributed by atoms with Crippen LogP contribution < -0.4 is 9.64 Å². The molecular formula is C24H18ClN3O3. The summed E-state index contributed by atoms with van der Waals surface area (Å²) >= 11 is 6.06. The first-order valence-corrected chi connectivity index (χ1v) is 10.1. The molecule has 0 spiro atoms. The Balaban J connectivity index is 1.69. The van der Waals surface area contributed by atoms with Crippen LogP contribution in [-0.2, 0) is 0 Å². The van der Waals surface area contributed by atoms with Crippen LogP contribution in [0.15, 0.2) is 72.8 Å². The van der Waals surface area contributed by atoms with Gasteiger partial charge in [-0.1, -0.05) is 35.9 Å². The van der Waals surface area contributed by atoms with E-state index in [0.29, 0.717) is 22.2 Å². The van der Waals surface area contributed by atoms with Crippen molar-refractivity contribution in [2.24, 2.45) is 0 Å². The van der Waals surface area contributed by atoms with E-state index in [1.807, 2.05) is 48.5 Å². The molecule has 1 aliphatic rings. The van der Waals surface area contributed by atoms with E-state index in [-0.39, 0.29) is 11.7 Å². The van der Waals surface area contributed by atoms with E-state index in [4.69, 9.17) is 16.3 Å². The highest BCUT2D eigenvalue weighted by Gasteiger charge is 2.43. The molecule has 154 valence electrons. The summed E-state index contributed by atoms with van der Waals surface area (Å²) in [6.07, 6.45) is 0. The molecule has 0 bridgehead atoms. The van der Waals surface area contributed by atoms with Gasteiger partial charge in [0, 0.05) is 21.8 Å². The number of methoxy groups -OCH3 is 1. The third kappa shape index (κ3) is 3.21. The maximum atomic E-state index is 13.5. The second-order valence-corrected chi connectivity index (χ2v) is 7.67. The number of H-pyrrole nitrogens is 1. The number of halogens is 1. The molecule has 0 saturated heterocycles. The first-order valence-electron chi connectivity index (χ1n) is 9.67. The Hall–Kier alpha value is -3.77. The quantitative estimate of drug-likeness (QED) is 0.466. The summed E-state index contributed by atoms with van der Waals surface area (Å²) < 4.78 is 5.26. The third-order valence-corrected chi connectivity index (χ3v) is 5.70. The van der Waals surface area contributed by atoms with Crippen molar-refractivity contribution in [2.45, 2.75) is 6.04 Å². The van der Waals surface area contributed by atoms with Crippen molar-refractivity contribution in [3.8, 4) is 22.8 Å². The molecule has 1 amide bonds. The zero-order valence-corrected chi connectivity index (χ0v) is 17.3. The fourth-order valence-electron chi connectivity index (χ4n) is 3.96. The minimum atomic E-state index is -0.416. The van der Waals surface area contributed by atoms with Crippen molar-refractivity contribution in [3.05, 3.63) is 94.6 Å². The fourth-order valence-corrected chi connectivity index (χ4v) is 4.08. The number of hydrogen-bond donors (Lipinski definition) is 2. The minimum absolute atomic E-state index is 0.161. The number of hydrogen-bond acceptors (Lipinski definition) is 4. The summed E-state index contributed by atoms with van der Waals surface area (Å²) in [5, 5.41) is 17.8. The third-order valence-electron chi connectivity index (χ3n) is 5.45. The highest BCUT2D eigenvalue weighted by molar-refractivity contribution is 6.30.